The van der Waals surface area contributed by atoms with E-state index < -0.39 is 18.6 Å². The lowest BCUT2D eigenvalue weighted by Gasteiger charge is -2.38. The Morgan fingerprint density at radius 3 is 2.58 bits per heavy atom. The molecule has 8 heteroatoms. The van der Waals surface area contributed by atoms with Crippen molar-refractivity contribution in [3.05, 3.63) is 99.7 Å². The van der Waals surface area contributed by atoms with Crippen molar-refractivity contribution in [2.75, 3.05) is 13.2 Å². The highest BCUT2D eigenvalue weighted by molar-refractivity contribution is 6.31. The van der Waals surface area contributed by atoms with Crippen LogP contribution in [-0.2, 0) is 22.6 Å². The zero-order valence-corrected chi connectivity index (χ0v) is 20.9. The number of carbonyl (C=O) groups excluding carboxylic acids is 1. The molecule has 1 amide bonds. The van der Waals surface area contributed by atoms with E-state index >= 15 is 0 Å². The summed E-state index contributed by atoms with van der Waals surface area (Å²) in [6.45, 7) is 0.551. The molecule has 1 unspecified atom stereocenters. The highest BCUT2D eigenvalue weighted by atomic mass is 35.5. The number of carbonyl (C=O) groups is 2. The number of aromatic nitrogens is 1. The van der Waals surface area contributed by atoms with Crippen LogP contribution in [0.5, 0.6) is 5.75 Å². The standard InChI is InChI=1S/C28H24Cl2N2O4/c29-20-7-8-25(36-17-27(34)35)23(15-20)28-22-4-2-1-3-18(22)10-14-32(28)26(33)11-13-31-12-9-19-5-6-21(30)16-24(19)31/h1-9,12,15-16,28H,10-11,13-14,17H2,(H,34,35). The lowest BCUT2D eigenvalue weighted by molar-refractivity contribution is -0.139. The van der Waals surface area contributed by atoms with E-state index in [1.807, 2.05) is 58.1 Å². The lowest BCUT2D eigenvalue weighted by atomic mass is 9.87. The number of aliphatic carboxylic acids is 1. The monoisotopic (exact) mass is 522 g/mol. The van der Waals surface area contributed by atoms with Crippen molar-refractivity contribution < 1.29 is 19.4 Å². The summed E-state index contributed by atoms with van der Waals surface area (Å²) in [4.78, 5) is 26.7. The van der Waals surface area contributed by atoms with Gasteiger partial charge < -0.3 is 19.3 Å². The number of hydrogen-bond donors (Lipinski definition) is 1. The van der Waals surface area contributed by atoms with Gasteiger partial charge in [0.1, 0.15) is 5.75 Å². The molecule has 1 N–H and O–H groups in total. The second-order valence-electron chi connectivity index (χ2n) is 8.77. The molecule has 0 fully saturated rings. The van der Waals surface area contributed by atoms with Gasteiger partial charge in [0, 0.05) is 46.8 Å². The van der Waals surface area contributed by atoms with Crippen molar-refractivity contribution in [2.24, 2.45) is 0 Å². The third kappa shape index (κ3) is 4.92. The first-order valence-electron chi connectivity index (χ1n) is 11.7. The zero-order chi connectivity index (χ0) is 25.2. The smallest absolute Gasteiger partial charge is 0.341 e. The van der Waals surface area contributed by atoms with Gasteiger partial charge in [0.05, 0.1) is 6.04 Å². The molecule has 1 aliphatic rings. The average molecular weight is 523 g/mol. The minimum absolute atomic E-state index is 0.0115. The van der Waals surface area contributed by atoms with Gasteiger partial charge in [0.15, 0.2) is 6.61 Å². The molecule has 6 nitrogen and oxygen atoms in total. The van der Waals surface area contributed by atoms with E-state index in [4.69, 9.17) is 33.0 Å². The van der Waals surface area contributed by atoms with Crippen molar-refractivity contribution >= 4 is 46.0 Å². The number of carboxylic acid groups (broad SMARTS) is 1. The summed E-state index contributed by atoms with van der Waals surface area (Å²) in [5.41, 5.74) is 3.77. The summed E-state index contributed by atoms with van der Waals surface area (Å²) in [5, 5.41) is 11.4. The zero-order valence-electron chi connectivity index (χ0n) is 19.4. The number of aryl methyl sites for hydroxylation is 1. The van der Waals surface area contributed by atoms with Crippen LogP contribution in [0.1, 0.15) is 29.2 Å². The van der Waals surface area contributed by atoms with Gasteiger partial charge in [-0.15, -0.1) is 0 Å². The molecule has 184 valence electrons. The fourth-order valence-corrected chi connectivity index (χ4v) is 5.23. The van der Waals surface area contributed by atoms with E-state index in [-0.39, 0.29) is 5.91 Å². The van der Waals surface area contributed by atoms with Crippen LogP contribution in [0.25, 0.3) is 10.9 Å². The molecule has 0 radical (unpaired) electrons. The Labute approximate surface area is 218 Å². The Bertz CT molecular complexity index is 1450. The maximum Gasteiger partial charge on any atom is 0.341 e. The number of carboxylic acids is 1. The lowest BCUT2D eigenvalue weighted by Crippen LogP contribution is -2.41. The van der Waals surface area contributed by atoms with Crippen LogP contribution in [-0.4, -0.2) is 39.6 Å². The predicted octanol–water partition coefficient (Wildman–Crippen LogP) is 5.98. The molecule has 1 aliphatic heterocycles. The fourth-order valence-electron chi connectivity index (χ4n) is 4.89. The SMILES string of the molecule is O=C(O)COc1ccc(Cl)cc1C1c2ccccc2CCN1C(=O)CCn1ccc2ccc(Cl)cc21. The van der Waals surface area contributed by atoms with Crippen LogP contribution < -0.4 is 4.74 Å². The topological polar surface area (TPSA) is 71.8 Å². The molecule has 0 aliphatic carbocycles. The first kappa shape index (κ1) is 24.2. The Hall–Kier alpha value is -3.48. The normalized spacial score (nSPS) is 15.1. The number of halogens is 2. The van der Waals surface area contributed by atoms with Crippen molar-refractivity contribution in [3.8, 4) is 5.75 Å². The third-order valence-corrected chi connectivity index (χ3v) is 6.99. The van der Waals surface area contributed by atoms with Crippen LogP contribution in [0, 0.1) is 0 Å². The average Bonchev–Trinajstić information content (AvgIpc) is 3.27. The minimum Gasteiger partial charge on any atom is -0.482 e. The van der Waals surface area contributed by atoms with E-state index in [1.165, 1.54) is 0 Å². The van der Waals surface area contributed by atoms with Gasteiger partial charge in [-0.05, 0) is 59.3 Å². The number of fused-ring (bicyclic) bond motifs is 2. The molecule has 3 aromatic carbocycles. The summed E-state index contributed by atoms with van der Waals surface area (Å²) < 4.78 is 7.65. The molecule has 36 heavy (non-hydrogen) atoms. The summed E-state index contributed by atoms with van der Waals surface area (Å²) >= 11 is 12.6. The molecule has 1 atom stereocenters. The highest BCUT2D eigenvalue weighted by Gasteiger charge is 2.34. The number of rotatable bonds is 7. The van der Waals surface area contributed by atoms with Crippen molar-refractivity contribution in [1.29, 1.82) is 0 Å². The number of nitrogens with zero attached hydrogens (tertiary/aromatic N) is 2. The van der Waals surface area contributed by atoms with Gasteiger partial charge in [-0.2, -0.15) is 0 Å². The highest BCUT2D eigenvalue weighted by Crippen LogP contribution is 2.41. The molecule has 5 rings (SSSR count). The molecule has 0 saturated carbocycles. The van der Waals surface area contributed by atoms with Gasteiger partial charge in [-0.25, -0.2) is 4.79 Å². The summed E-state index contributed by atoms with van der Waals surface area (Å²) in [6, 6.07) is 20.3. The van der Waals surface area contributed by atoms with Gasteiger partial charge in [0.25, 0.3) is 0 Å². The number of ether oxygens (including phenoxy) is 1. The van der Waals surface area contributed by atoms with E-state index in [9.17, 15) is 9.59 Å². The van der Waals surface area contributed by atoms with E-state index in [0.29, 0.717) is 40.9 Å². The van der Waals surface area contributed by atoms with E-state index in [1.54, 1.807) is 18.2 Å². The number of benzene rings is 3. The van der Waals surface area contributed by atoms with Gasteiger partial charge >= 0.3 is 5.97 Å². The molecule has 0 saturated heterocycles. The van der Waals surface area contributed by atoms with E-state index in [2.05, 4.69) is 6.07 Å². The van der Waals surface area contributed by atoms with Crippen LogP contribution in [0.3, 0.4) is 0 Å². The van der Waals surface area contributed by atoms with Crippen molar-refractivity contribution in [3.63, 3.8) is 0 Å². The first-order chi connectivity index (χ1) is 17.4. The summed E-state index contributed by atoms with van der Waals surface area (Å²) in [5.74, 6) is -0.693. The number of amides is 1. The Morgan fingerprint density at radius 2 is 1.75 bits per heavy atom. The van der Waals surface area contributed by atoms with Crippen molar-refractivity contribution in [1.82, 2.24) is 9.47 Å². The van der Waals surface area contributed by atoms with Crippen LogP contribution in [0.2, 0.25) is 10.0 Å². The summed E-state index contributed by atoms with van der Waals surface area (Å²) in [7, 11) is 0. The van der Waals surface area contributed by atoms with Gasteiger partial charge in [-0.3, -0.25) is 4.79 Å². The Balaban J connectivity index is 1.47. The van der Waals surface area contributed by atoms with E-state index in [0.717, 1.165) is 28.5 Å². The molecular formula is C28H24Cl2N2O4. The molecule has 0 spiro atoms. The summed E-state index contributed by atoms with van der Waals surface area (Å²) in [6.07, 6.45) is 2.99. The molecule has 2 heterocycles. The maximum atomic E-state index is 13.7. The largest absolute Gasteiger partial charge is 0.482 e. The first-order valence-corrected chi connectivity index (χ1v) is 12.4. The molecule has 1 aromatic heterocycles. The minimum atomic E-state index is -1.08. The maximum absolute atomic E-state index is 13.7. The van der Waals surface area contributed by atoms with Gasteiger partial charge in [0.2, 0.25) is 5.91 Å². The predicted molar refractivity (Wildman–Crippen MR) is 140 cm³/mol. The van der Waals surface area contributed by atoms with Crippen LogP contribution in [0.15, 0.2) is 72.9 Å². The van der Waals surface area contributed by atoms with Crippen LogP contribution in [0.4, 0.5) is 0 Å². The molecule has 4 aromatic rings. The Kier molecular flexibility index (Phi) is 6.90. The second-order valence-corrected chi connectivity index (χ2v) is 9.64. The molecular weight excluding hydrogens is 499 g/mol. The fraction of sp³-hybridized carbons (Fsp3) is 0.214. The molecule has 0 bridgehead atoms. The van der Waals surface area contributed by atoms with Crippen LogP contribution >= 0.6 is 23.2 Å². The van der Waals surface area contributed by atoms with Gasteiger partial charge in [-0.1, -0.05) is 53.5 Å². The van der Waals surface area contributed by atoms with Crippen molar-refractivity contribution in [2.45, 2.75) is 25.4 Å². The Morgan fingerprint density at radius 1 is 0.972 bits per heavy atom. The second kappa shape index (κ2) is 10.2. The number of hydrogen-bond acceptors (Lipinski definition) is 3. The quantitative estimate of drug-likeness (QED) is 0.324. The third-order valence-electron chi connectivity index (χ3n) is 6.52.